The zero-order chi connectivity index (χ0) is 15.3. The van der Waals surface area contributed by atoms with E-state index >= 15 is 0 Å². The molecule has 20 heavy (non-hydrogen) atoms. The van der Waals surface area contributed by atoms with Crippen LogP contribution in [0.4, 0.5) is 5.69 Å². The smallest absolute Gasteiger partial charge is 0.255 e. The Bertz CT molecular complexity index is 461. The Labute approximate surface area is 123 Å². The zero-order valence-corrected chi connectivity index (χ0v) is 13.7. The number of rotatable bonds is 5. The second kappa shape index (κ2) is 6.78. The lowest BCUT2D eigenvalue weighted by Crippen LogP contribution is -2.34. The number of aryl methyl sites for hydroxylation is 1. The molecule has 1 N–H and O–H groups in total. The molecule has 0 radical (unpaired) electrons. The van der Waals surface area contributed by atoms with Gasteiger partial charge in [0.25, 0.3) is 5.91 Å². The molecule has 0 saturated heterocycles. The minimum absolute atomic E-state index is 0.0854. The van der Waals surface area contributed by atoms with Crippen LogP contribution in [0.25, 0.3) is 0 Å². The molecule has 0 aliphatic heterocycles. The van der Waals surface area contributed by atoms with Crippen molar-refractivity contribution in [2.24, 2.45) is 5.41 Å². The molecule has 0 spiro atoms. The molecule has 1 rings (SSSR count). The van der Waals surface area contributed by atoms with E-state index in [2.05, 4.69) is 33.0 Å². The van der Waals surface area contributed by atoms with Crippen LogP contribution in [0.15, 0.2) is 18.2 Å². The van der Waals surface area contributed by atoms with Crippen LogP contribution in [0.2, 0.25) is 0 Å². The normalized spacial score (nSPS) is 11.3. The summed E-state index contributed by atoms with van der Waals surface area (Å²) in [6.07, 6.45) is 1.04. The molecule has 0 saturated carbocycles. The average molecular weight is 276 g/mol. The molecule has 0 atom stereocenters. The highest BCUT2D eigenvalue weighted by atomic mass is 16.2. The Morgan fingerprint density at radius 3 is 2.50 bits per heavy atom. The third kappa shape index (κ3) is 4.87. The van der Waals surface area contributed by atoms with Crippen molar-refractivity contribution >= 4 is 11.6 Å². The minimum Gasteiger partial charge on any atom is -0.384 e. The number of carbonyl (C=O) groups is 1. The van der Waals surface area contributed by atoms with Crippen molar-refractivity contribution in [3.8, 4) is 0 Å². The van der Waals surface area contributed by atoms with Crippen molar-refractivity contribution in [1.29, 1.82) is 0 Å². The molecule has 3 heteroatoms. The maximum Gasteiger partial charge on any atom is 0.255 e. The maximum atomic E-state index is 12.6. The standard InChI is InChI=1S/C17H28N2O/c1-7-10-18-15-9-8-13(2)11-14(15)16(20)19(6)12-17(3,4)5/h8-9,11,18H,7,10,12H2,1-6H3. The average Bonchev–Trinajstić information content (AvgIpc) is 2.34. The van der Waals surface area contributed by atoms with Crippen molar-refractivity contribution < 1.29 is 4.79 Å². The molecular weight excluding hydrogens is 248 g/mol. The summed E-state index contributed by atoms with van der Waals surface area (Å²) >= 11 is 0. The van der Waals surface area contributed by atoms with Crippen LogP contribution in [0.3, 0.4) is 0 Å². The van der Waals surface area contributed by atoms with Gasteiger partial charge in [0.1, 0.15) is 0 Å². The number of amides is 1. The highest BCUT2D eigenvalue weighted by molar-refractivity contribution is 5.99. The third-order valence-electron chi connectivity index (χ3n) is 3.03. The molecule has 3 nitrogen and oxygen atoms in total. The Kier molecular flexibility index (Phi) is 5.61. The molecular formula is C17H28N2O. The van der Waals surface area contributed by atoms with Gasteiger partial charge in [0, 0.05) is 25.8 Å². The van der Waals surface area contributed by atoms with E-state index in [1.165, 1.54) is 0 Å². The highest BCUT2D eigenvalue weighted by Crippen LogP contribution is 2.21. The van der Waals surface area contributed by atoms with E-state index in [1.54, 1.807) is 0 Å². The second-order valence-electron chi connectivity index (χ2n) is 6.70. The molecule has 0 bridgehead atoms. The van der Waals surface area contributed by atoms with Gasteiger partial charge < -0.3 is 10.2 Å². The number of benzene rings is 1. The van der Waals surface area contributed by atoms with Gasteiger partial charge in [0.2, 0.25) is 0 Å². The molecule has 0 heterocycles. The van der Waals surface area contributed by atoms with E-state index in [1.807, 2.05) is 37.1 Å². The van der Waals surface area contributed by atoms with E-state index in [4.69, 9.17) is 0 Å². The van der Waals surface area contributed by atoms with Crippen LogP contribution in [0.5, 0.6) is 0 Å². The fourth-order valence-electron chi connectivity index (χ4n) is 2.24. The van der Waals surface area contributed by atoms with Crippen LogP contribution < -0.4 is 5.32 Å². The Hall–Kier alpha value is -1.51. The molecule has 1 aromatic carbocycles. The first-order valence-corrected chi connectivity index (χ1v) is 7.34. The van der Waals surface area contributed by atoms with Crippen LogP contribution in [-0.2, 0) is 0 Å². The molecule has 0 aliphatic rings. The third-order valence-corrected chi connectivity index (χ3v) is 3.03. The van der Waals surface area contributed by atoms with Gasteiger partial charge >= 0.3 is 0 Å². The summed E-state index contributed by atoms with van der Waals surface area (Å²) in [6.45, 7) is 12.2. The van der Waals surface area contributed by atoms with Crippen LogP contribution in [0.1, 0.15) is 50.0 Å². The van der Waals surface area contributed by atoms with Crippen LogP contribution in [0, 0.1) is 12.3 Å². The summed E-state index contributed by atoms with van der Waals surface area (Å²) in [6, 6.07) is 6.02. The maximum absolute atomic E-state index is 12.6. The monoisotopic (exact) mass is 276 g/mol. The highest BCUT2D eigenvalue weighted by Gasteiger charge is 2.20. The summed E-state index contributed by atoms with van der Waals surface area (Å²) < 4.78 is 0. The Balaban J connectivity index is 2.98. The number of hydrogen-bond acceptors (Lipinski definition) is 2. The minimum atomic E-state index is 0.0854. The molecule has 1 aromatic rings. The largest absolute Gasteiger partial charge is 0.384 e. The Morgan fingerprint density at radius 2 is 1.95 bits per heavy atom. The van der Waals surface area contributed by atoms with Crippen molar-refractivity contribution in [2.75, 3.05) is 25.5 Å². The fraction of sp³-hybridized carbons (Fsp3) is 0.588. The van der Waals surface area contributed by atoms with E-state index in [-0.39, 0.29) is 11.3 Å². The van der Waals surface area contributed by atoms with Crippen LogP contribution >= 0.6 is 0 Å². The van der Waals surface area contributed by atoms with Gasteiger partial charge in [-0.25, -0.2) is 0 Å². The summed E-state index contributed by atoms with van der Waals surface area (Å²) in [5.74, 6) is 0.0854. The van der Waals surface area contributed by atoms with E-state index < -0.39 is 0 Å². The van der Waals surface area contributed by atoms with E-state index in [9.17, 15) is 4.79 Å². The van der Waals surface area contributed by atoms with Crippen molar-refractivity contribution in [3.63, 3.8) is 0 Å². The van der Waals surface area contributed by atoms with Gasteiger partial charge in [0.05, 0.1) is 5.56 Å². The van der Waals surface area contributed by atoms with E-state index in [0.717, 1.165) is 36.3 Å². The Morgan fingerprint density at radius 1 is 1.30 bits per heavy atom. The van der Waals surface area contributed by atoms with E-state index in [0.29, 0.717) is 0 Å². The van der Waals surface area contributed by atoms with Crippen molar-refractivity contribution in [3.05, 3.63) is 29.3 Å². The lowest BCUT2D eigenvalue weighted by atomic mass is 9.96. The molecule has 0 aliphatic carbocycles. The second-order valence-corrected chi connectivity index (χ2v) is 6.70. The first-order chi connectivity index (χ1) is 9.24. The molecule has 0 unspecified atom stereocenters. The number of hydrogen-bond donors (Lipinski definition) is 1. The number of nitrogens with one attached hydrogen (secondary N) is 1. The summed E-state index contributed by atoms with van der Waals surface area (Å²) in [5, 5.41) is 3.34. The van der Waals surface area contributed by atoms with Gasteiger partial charge in [-0.1, -0.05) is 39.3 Å². The van der Waals surface area contributed by atoms with Crippen LogP contribution in [-0.4, -0.2) is 30.9 Å². The van der Waals surface area contributed by atoms with Gasteiger partial charge in [0.15, 0.2) is 0 Å². The zero-order valence-electron chi connectivity index (χ0n) is 13.7. The lowest BCUT2D eigenvalue weighted by Gasteiger charge is -2.27. The SMILES string of the molecule is CCCNc1ccc(C)cc1C(=O)N(C)CC(C)(C)C. The number of carbonyl (C=O) groups excluding carboxylic acids is 1. The summed E-state index contributed by atoms with van der Waals surface area (Å²) in [7, 11) is 1.87. The molecule has 112 valence electrons. The number of nitrogens with zero attached hydrogens (tertiary/aromatic N) is 1. The number of anilines is 1. The molecule has 1 amide bonds. The molecule has 0 fully saturated rings. The predicted molar refractivity (Wildman–Crippen MR) is 86.4 cm³/mol. The van der Waals surface area contributed by atoms with Gasteiger partial charge in [-0.2, -0.15) is 0 Å². The van der Waals surface area contributed by atoms with Gasteiger partial charge in [-0.05, 0) is 30.9 Å². The van der Waals surface area contributed by atoms with Gasteiger partial charge in [-0.15, -0.1) is 0 Å². The van der Waals surface area contributed by atoms with Crippen molar-refractivity contribution in [1.82, 2.24) is 4.90 Å². The quantitative estimate of drug-likeness (QED) is 0.883. The van der Waals surface area contributed by atoms with Crippen molar-refractivity contribution in [2.45, 2.75) is 41.0 Å². The first-order valence-electron chi connectivity index (χ1n) is 7.34. The van der Waals surface area contributed by atoms with Gasteiger partial charge in [-0.3, -0.25) is 4.79 Å². The summed E-state index contributed by atoms with van der Waals surface area (Å²) in [4.78, 5) is 14.5. The summed E-state index contributed by atoms with van der Waals surface area (Å²) in [5.41, 5.74) is 2.92. The fourth-order valence-corrected chi connectivity index (χ4v) is 2.24. The first kappa shape index (κ1) is 16.5. The topological polar surface area (TPSA) is 32.3 Å². The predicted octanol–water partition coefficient (Wildman–Crippen LogP) is 3.94. The molecule has 0 aromatic heterocycles. The lowest BCUT2D eigenvalue weighted by molar-refractivity contribution is 0.0746.